The van der Waals surface area contributed by atoms with E-state index >= 15 is 0 Å². The highest BCUT2D eigenvalue weighted by atomic mass is 19.1. The molecule has 0 radical (unpaired) electrons. The second kappa shape index (κ2) is 6.18. The van der Waals surface area contributed by atoms with Crippen molar-refractivity contribution in [3.63, 3.8) is 0 Å². The summed E-state index contributed by atoms with van der Waals surface area (Å²) in [6.45, 7) is 4.00. The van der Waals surface area contributed by atoms with Crippen LogP contribution in [-0.4, -0.2) is 12.0 Å². The van der Waals surface area contributed by atoms with Crippen LogP contribution in [0.25, 0.3) is 0 Å². The van der Waals surface area contributed by atoms with E-state index in [1.165, 1.54) is 0 Å². The summed E-state index contributed by atoms with van der Waals surface area (Å²) in [6, 6.07) is 3.48. The minimum atomic E-state index is -0.481. The summed E-state index contributed by atoms with van der Waals surface area (Å²) < 4.78 is 26.1. The minimum absolute atomic E-state index is 0.0266. The molecule has 3 N–H and O–H groups in total. The summed E-state index contributed by atoms with van der Waals surface area (Å²) in [7, 11) is 0. The number of nitrogens with two attached hydrogens (primary N) is 1. The van der Waals surface area contributed by atoms with Crippen molar-refractivity contribution < 1.29 is 8.78 Å². The number of nitrogens with one attached hydrogen (secondary N) is 1. The van der Waals surface area contributed by atoms with Crippen molar-refractivity contribution in [3.05, 3.63) is 35.4 Å². The lowest BCUT2D eigenvalue weighted by Crippen LogP contribution is -2.38. The molecule has 1 unspecified atom stereocenters. The van der Waals surface area contributed by atoms with E-state index in [0.717, 1.165) is 24.6 Å². The molecule has 0 fully saturated rings. The predicted octanol–water partition coefficient (Wildman–Crippen LogP) is 2.17. The van der Waals surface area contributed by atoms with Crippen LogP contribution in [0.4, 0.5) is 8.78 Å². The number of nitrogens with zero attached hydrogens (tertiary/aromatic N) is 1. The summed E-state index contributed by atoms with van der Waals surface area (Å²) >= 11 is 0. The normalized spacial score (nSPS) is 13.5. The van der Waals surface area contributed by atoms with Crippen LogP contribution in [0.3, 0.4) is 0 Å². The molecule has 5 heteroatoms. The lowest BCUT2D eigenvalue weighted by atomic mass is 10.2. The molecule has 0 bridgehead atoms. The van der Waals surface area contributed by atoms with Gasteiger partial charge in [0.1, 0.15) is 11.6 Å². The van der Waals surface area contributed by atoms with Gasteiger partial charge in [-0.05, 0) is 31.5 Å². The monoisotopic (exact) mass is 241 g/mol. The standard InChI is InChI=1S/C12H17F2N3/c1-3-8(2)17-12(15)16-7-9-6-10(13)4-5-11(9)14/h4-6,8H,3,7H2,1-2H3,(H3,15,16,17). The summed E-state index contributed by atoms with van der Waals surface area (Å²) in [5.74, 6) is -0.723. The van der Waals surface area contributed by atoms with Crippen molar-refractivity contribution in [1.29, 1.82) is 0 Å². The first-order valence-electron chi connectivity index (χ1n) is 5.53. The molecule has 0 aliphatic carbocycles. The van der Waals surface area contributed by atoms with Crippen molar-refractivity contribution in [2.75, 3.05) is 0 Å². The van der Waals surface area contributed by atoms with E-state index in [-0.39, 0.29) is 24.1 Å². The van der Waals surface area contributed by atoms with E-state index in [2.05, 4.69) is 10.3 Å². The first kappa shape index (κ1) is 13.4. The molecule has 94 valence electrons. The minimum Gasteiger partial charge on any atom is -0.370 e. The van der Waals surface area contributed by atoms with E-state index in [0.29, 0.717) is 0 Å². The largest absolute Gasteiger partial charge is 0.370 e. The van der Waals surface area contributed by atoms with Crippen molar-refractivity contribution in [1.82, 2.24) is 5.32 Å². The molecule has 1 aromatic carbocycles. The van der Waals surface area contributed by atoms with Crippen LogP contribution in [-0.2, 0) is 6.54 Å². The van der Waals surface area contributed by atoms with Crippen molar-refractivity contribution in [2.24, 2.45) is 10.7 Å². The molecule has 0 saturated carbocycles. The number of benzene rings is 1. The maximum Gasteiger partial charge on any atom is 0.189 e. The van der Waals surface area contributed by atoms with Crippen LogP contribution in [0.5, 0.6) is 0 Å². The smallest absolute Gasteiger partial charge is 0.189 e. The fourth-order valence-electron chi connectivity index (χ4n) is 1.23. The number of guanidine groups is 1. The Balaban J connectivity index is 2.65. The molecule has 0 saturated heterocycles. The lowest BCUT2D eigenvalue weighted by Gasteiger charge is -2.11. The number of aliphatic imine (C=N–C) groups is 1. The fraction of sp³-hybridized carbons (Fsp3) is 0.417. The number of rotatable bonds is 4. The third-order valence-corrected chi connectivity index (χ3v) is 2.43. The van der Waals surface area contributed by atoms with Crippen molar-refractivity contribution in [3.8, 4) is 0 Å². The van der Waals surface area contributed by atoms with Gasteiger partial charge in [-0.1, -0.05) is 6.92 Å². The number of halogens is 2. The Morgan fingerprint density at radius 3 is 2.82 bits per heavy atom. The molecule has 17 heavy (non-hydrogen) atoms. The highest BCUT2D eigenvalue weighted by Crippen LogP contribution is 2.10. The molecule has 0 spiro atoms. The van der Waals surface area contributed by atoms with Gasteiger partial charge in [-0.15, -0.1) is 0 Å². The molecule has 0 amide bonds. The van der Waals surface area contributed by atoms with Crippen LogP contribution < -0.4 is 11.1 Å². The summed E-state index contributed by atoms with van der Waals surface area (Å²) in [5, 5.41) is 2.95. The van der Waals surface area contributed by atoms with Crippen LogP contribution in [0, 0.1) is 11.6 Å². The van der Waals surface area contributed by atoms with Crippen LogP contribution >= 0.6 is 0 Å². The number of hydrogen-bond acceptors (Lipinski definition) is 1. The van der Waals surface area contributed by atoms with Crippen molar-refractivity contribution >= 4 is 5.96 Å². The SMILES string of the molecule is CCC(C)NC(N)=NCc1cc(F)ccc1F. The molecule has 0 aliphatic heterocycles. The van der Waals surface area contributed by atoms with Gasteiger partial charge in [0.05, 0.1) is 6.54 Å². The highest BCUT2D eigenvalue weighted by Gasteiger charge is 2.04. The number of hydrogen-bond donors (Lipinski definition) is 2. The van der Waals surface area contributed by atoms with E-state index in [4.69, 9.17) is 5.73 Å². The summed E-state index contributed by atoms with van der Waals surface area (Å²) in [4.78, 5) is 3.96. The van der Waals surface area contributed by atoms with Crippen LogP contribution in [0.15, 0.2) is 23.2 Å². The Bertz CT molecular complexity index is 405. The van der Waals surface area contributed by atoms with Crippen molar-refractivity contribution in [2.45, 2.75) is 32.9 Å². The van der Waals surface area contributed by atoms with Gasteiger partial charge in [-0.2, -0.15) is 0 Å². The molecule has 1 aromatic rings. The molecule has 0 aromatic heterocycles. The lowest BCUT2D eigenvalue weighted by molar-refractivity contribution is 0.585. The topological polar surface area (TPSA) is 50.4 Å². The van der Waals surface area contributed by atoms with Gasteiger partial charge in [0.25, 0.3) is 0 Å². The molecule has 0 heterocycles. The Labute approximate surface area is 99.7 Å². The maximum atomic E-state index is 13.3. The van der Waals surface area contributed by atoms with Gasteiger partial charge < -0.3 is 11.1 Å². The molecule has 0 aliphatic rings. The van der Waals surface area contributed by atoms with Gasteiger partial charge in [-0.25, -0.2) is 13.8 Å². The van der Waals surface area contributed by atoms with E-state index in [9.17, 15) is 8.78 Å². The average Bonchev–Trinajstić information content (AvgIpc) is 2.30. The van der Waals surface area contributed by atoms with E-state index < -0.39 is 11.6 Å². The third-order valence-electron chi connectivity index (χ3n) is 2.43. The second-order valence-electron chi connectivity index (χ2n) is 3.89. The quantitative estimate of drug-likeness (QED) is 0.627. The first-order chi connectivity index (χ1) is 8.02. The second-order valence-corrected chi connectivity index (χ2v) is 3.89. The van der Waals surface area contributed by atoms with Crippen LogP contribution in [0.1, 0.15) is 25.8 Å². The van der Waals surface area contributed by atoms with Gasteiger partial charge in [-0.3, -0.25) is 0 Å². The fourth-order valence-corrected chi connectivity index (χ4v) is 1.23. The van der Waals surface area contributed by atoms with Gasteiger partial charge in [0.2, 0.25) is 0 Å². The molecular weight excluding hydrogens is 224 g/mol. The average molecular weight is 241 g/mol. The van der Waals surface area contributed by atoms with Gasteiger partial charge in [0, 0.05) is 11.6 Å². The Morgan fingerprint density at radius 2 is 2.18 bits per heavy atom. The maximum absolute atomic E-state index is 13.3. The van der Waals surface area contributed by atoms with Gasteiger partial charge in [0.15, 0.2) is 5.96 Å². The van der Waals surface area contributed by atoms with Gasteiger partial charge >= 0.3 is 0 Å². The zero-order valence-corrected chi connectivity index (χ0v) is 10.0. The third kappa shape index (κ3) is 4.38. The zero-order chi connectivity index (χ0) is 12.8. The molecule has 3 nitrogen and oxygen atoms in total. The van der Waals surface area contributed by atoms with E-state index in [1.54, 1.807) is 0 Å². The molecule has 1 atom stereocenters. The molecular formula is C12H17F2N3. The molecule has 1 rings (SSSR count). The Morgan fingerprint density at radius 1 is 1.47 bits per heavy atom. The predicted molar refractivity (Wildman–Crippen MR) is 64.6 cm³/mol. The Hall–Kier alpha value is -1.65. The summed E-state index contributed by atoms with van der Waals surface area (Å²) in [6.07, 6.45) is 0.907. The van der Waals surface area contributed by atoms with E-state index in [1.807, 2.05) is 13.8 Å². The van der Waals surface area contributed by atoms with Crippen LogP contribution in [0.2, 0.25) is 0 Å². The summed E-state index contributed by atoms with van der Waals surface area (Å²) in [5.41, 5.74) is 5.80. The first-order valence-corrected chi connectivity index (χ1v) is 5.53. The Kier molecular flexibility index (Phi) is 4.87. The highest BCUT2D eigenvalue weighted by molar-refractivity contribution is 5.78. The zero-order valence-electron chi connectivity index (χ0n) is 10.0.